The van der Waals surface area contributed by atoms with Crippen molar-refractivity contribution in [1.82, 2.24) is 25.1 Å². The molecule has 124 valence electrons. The van der Waals surface area contributed by atoms with Gasteiger partial charge in [0.25, 0.3) is 5.91 Å². The van der Waals surface area contributed by atoms with Gasteiger partial charge in [-0.15, -0.1) is 21.5 Å². The molecule has 0 unspecified atom stereocenters. The Balaban J connectivity index is 1.44. The summed E-state index contributed by atoms with van der Waals surface area (Å²) in [7, 11) is 0. The maximum Gasteiger partial charge on any atom is 0.251 e. The molecule has 0 saturated heterocycles. The van der Waals surface area contributed by atoms with Crippen LogP contribution in [0.1, 0.15) is 54.3 Å². The fourth-order valence-electron chi connectivity index (χ4n) is 3.32. The van der Waals surface area contributed by atoms with Gasteiger partial charge in [0.05, 0.1) is 22.3 Å². The Labute approximate surface area is 143 Å². The molecule has 6 nitrogen and oxygen atoms in total. The third-order valence-corrected chi connectivity index (χ3v) is 5.42. The summed E-state index contributed by atoms with van der Waals surface area (Å²) in [5, 5.41) is 11.2. The van der Waals surface area contributed by atoms with E-state index in [1.165, 1.54) is 32.1 Å². The van der Waals surface area contributed by atoms with E-state index in [0.717, 1.165) is 16.0 Å². The van der Waals surface area contributed by atoms with Gasteiger partial charge >= 0.3 is 0 Å². The summed E-state index contributed by atoms with van der Waals surface area (Å²) < 4.78 is 3.21. The number of carbonyl (C=O) groups excluding carboxylic acids is 1. The first-order valence-corrected chi connectivity index (χ1v) is 9.19. The fraction of sp³-hybridized carbons (Fsp3) is 0.412. The number of thiazole rings is 1. The van der Waals surface area contributed by atoms with Crippen LogP contribution in [-0.4, -0.2) is 25.7 Å². The summed E-state index contributed by atoms with van der Waals surface area (Å²) >= 11 is 1.57. The number of nitrogens with one attached hydrogen (secondary N) is 1. The molecule has 1 saturated carbocycles. The van der Waals surface area contributed by atoms with Gasteiger partial charge in [-0.3, -0.25) is 4.79 Å². The summed E-state index contributed by atoms with van der Waals surface area (Å²) in [5.74, 6) is 0.716. The Morgan fingerprint density at radius 2 is 2.17 bits per heavy atom. The maximum absolute atomic E-state index is 12.4. The topological polar surface area (TPSA) is 72.7 Å². The quantitative estimate of drug-likeness (QED) is 0.790. The normalized spacial score (nSPS) is 15.7. The average molecular weight is 341 g/mol. The number of aromatic nitrogens is 4. The van der Waals surface area contributed by atoms with Crippen LogP contribution >= 0.6 is 11.3 Å². The van der Waals surface area contributed by atoms with E-state index < -0.39 is 0 Å². The number of hydrogen-bond acceptors (Lipinski definition) is 5. The zero-order valence-electron chi connectivity index (χ0n) is 13.3. The third kappa shape index (κ3) is 3.03. The van der Waals surface area contributed by atoms with Crippen LogP contribution in [0.4, 0.5) is 0 Å². The molecule has 1 N–H and O–H groups in total. The van der Waals surface area contributed by atoms with Crippen molar-refractivity contribution in [1.29, 1.82) is 0 Å². The van der Waals surface area contributed by atoms with E-state index in [1.807, 2.05) is 18.2 Å². The van der Waals surface area contributed by atoms with Crippen molar-refractivity contribution in [2.75, 3.05) is 0 Å². The van der Waals surface area contributed by atoms with Crippen molar-refractivity contribution in [2.45, 2.75) is 44.7 Å². The number of benzene rings is 1. The highest BCUT2D eigenvalue weighted by Gasteiger charge is 2.19. The van der Waals surface area contributed by atoms with Gasteiger partial charge < -0.3 is 9.88 Å². The van der Waals surface area contributed by atoms with Crippen LogP contribution in [0, 0.1) is 0 Å². The maximum atomic E-state index is 12.4. The lowest BCUT2D eigenvalue weighted by atomic mass is 9.95. The molecule has 24 heavy (non-hydrogen) atoms. The van der Waals surface area contributed by atoms with Gasteiger partial charge in [-0.05, 0) is 31.0 Å². The van der Waals surface area contributed by atoms with Crippen molar-refractivity contribution < 1.29 is 4.79 Å². The van der Waals surface area contributed by atoms with Crippen molar-refractivity contribution >= 4 is 27.5 Å². The minimum absolute atomic E-state index is 0.108. The summed E-state index contributed by atoms with van der Waals surface area (Å²) in [6.45, 7) is 0.393. The van der Waals surface area contributed by atoms with Crippen LogP contribution in [0.25, 0.3) is 10.2 Å². The molecular formula is C17H19N5OS. The Kier molecular flexibility index (Phi) is 4.25. The van der Waals surface area contributed by atoms with Crippen molar-refractivity contribution in [3.8, 4) is 0 Å². The van der Waals surface area contributed by atoms with E-state index in [2.05, 4.69) is 25.1 Å². The molecule has 7 heteroatoms. The number of rotatable bonds is 4. The first-order chi connectivity index (χ1) is 11.8. The van der Waals surface area contributed by atoms with E-state index in [9.17, 15) is 4.79 Å². The number of nitrogens with zero attached hydrogens (tertiary/aromatic N) is 4. The van der Waals surface area contributed by atoms with Crippen molar-refractivity contribution in [3.05, 3.63) is 41.4 Å². The predicted octanol–water partition coefficient (Wildman–Crippen LogP) is 3.32. The molecule has 0 bridgehead atoms. The monoisotopic (exact) mass is 341 g/mol. The summed E-state index contributed by atoms with van der Waals surface area (Å²) in [5.41, 5.74) is 3.27. The molecule has 0 aliphatic heterocycles. The average Bonchev–Trinajstić information content (AvgIpc) is 3.28. The van der Waals surface area contributed by atoms with Gasteiger partial charge in [-0.25, -0.2) is 4.98 Å². The van der Waals surface area contributed by atoms with Gasteiger partial charge in [0, 0.05) is 11.6 Å². The van der Waals surface area contributed by atoms with Crippen molar-refractivity contribution in [3.63, 3.8) is 0 Å². The van der Waals surface area contributed by atoms with Crippen molar-refractivity contribution in [2.24, 2.45) is 0 Å². The number of hydrogen-bond donors (Lipinski definition) is 1. The zero-order chi connectivity index (χ0) is 16.4. The molecule has 3 aromatic rings. The minimum Gasteiger partial charge on any atom is -0.345 e. The fourth-order valence-corrected chi connectivity index (χ4v) is 3.98. The SMILES string of the molecule is O=C(NCc1nncn1C1CCCCC1)c1ccc2scnc2c1. The zero-order valence-corrected chi connectivity index (χ0v) is 14.1. The van der Waals surface area contributed by atoms with Crippen LogP contribution in [-0.2, 0) is 6.54 Å². The van der Waals surface area contributed by atoms with Gasteiger partial charge in [-0.1, -0.05) is 19.3 Å². The molecule has 2 aromatic heterocycles. The lowest BCUT2D eigenvalue weighted by molar-refractivity contribution is 0.0949. The second-order valence-electron chi connectivity index (χ2n) is 6.16. The van der Waals surface area contributed by atoms with Gasteiger partial charge in [0.15, 0.2) is 5.82 Å². The van der Waals surface area contributed by atoms with Crippen LogP contribution in [0.15, 0.2) is 30.0 Å². The van der Waals surface area contributed by atoms with E-state index >= 15 is 0 Å². The molecule has 0 atom stereocenters. The Morgan fingerprint density at radius 1 is 1.29 bits per heavy atom. The predicted molar refractivity (Wildman–Crippen MR) is 92.9 cm³/mol. The van der Waals surface area contributed by atoms with E-state index in [-0.39, 0.29) is 5.91 Å². The largest absolute Gasteiger partial charge is 0.345 e. The lowest BCUT2D eigenvalue weighted by Crippen LogP contribution is -2.26. The smallest absolute Gasteiger partial charge is 0.251 e. The summed E-state index contributed by atoms with van der Waals surface area (Å²) in [6, 6.07) is 6.06. The molecular weight excluding hydrogens is 322 g/mol. The van der Waals surface area contributed by atoms with Gasteiger partial charge in [0.2, 0.25) is 0 Å². The number of carbonyl (C=O) groups is 1. The Hall–Kier alpha value is -2.28. The van der Waals surface area contributed by atoms with Crippen LogP contribution in [0.3, 0.4) is 0 Å². The molecule has 1 amide bonds. The van der Waals surface area contributed by atoms with Crippen LogP contribution in [0.5, 0.6) is 0 Å². The second kappa shape index (κ2) is 6.68. The lowest BCUT2D eigenvalue weighted by Gasteiger charge is -2.24. The van der Waals surface area contributed by atoms with Gasteiger partial charge in [-0.2, -0.15) is 0 Å². The Bertz CT molecular complexity index is 849. The molecule has 1 fully saturated rings. The molecule has 1 aliphatic carbocycles. The van der Waals surface area contributed by atoms with Crippen LogP contribution in [0.2, 0.25) is 0 Å². The van der Waals surface area contributed by atoms with Crippen LogP contribution < -0.4 is 5.32 Å². The molecule has 1 aromatic carbocycles. The minimum atomic E-state index is -0.108. The van der Waals surface area contributed by atoms with E-state index in [0.29, 0.717) is 18.2 Å². The van der Waals surface area contributed by atoms with E-state index in [4.69, 9.17) is 0 Å². The standard InChI is InChI=1S/C17H19N5OS/c23-17(12-6-7-15-14(8-12)19-11-24-15)18-9-16-21-20-10-22(16)13-4-2-1-3-5-13/h6-8,10-11,13H,1-5,9H2,(H,18,23). The summed E-state index contributed by atoms with van der Waals surface area (Å²) in [6.07, 6.45) is 7.94. The molecule has 0 spiro atoms. The molecule has 0 radical (unpaired) electrons. The summed E-state index contributed by atoms with van der Waals surface area (Å²) in [4.78, 5) is 16.7. The number of amides is 1. The number of fused-ring (bicyclic) bond motifs is 1. The van der Waals surface area contributed by atoms with Gasteiger partial charge in [0.1, 0.15) is 6.33 Å². The Morgan fingerprint density at radius 3 is 3.04 bits per heavy atom. The molecule has 2 heterocycles. The highest BCUT2D eigenvalue weighted by Crippen LogP contribution is 2.28. The first-order valence-electron chi connectivity index (χ1n) is 8.31. The molecule has 1 aliphatic rings. The highest BCUT2D eigenvalue weighted by molar-refractivity contribution is 7.16. The van der Waals surface area contributed by atoms with E-state index in [1.54, 1.807) is 23.2 Å². The third-order valence-electron chi connectivity index (χ3n) is 4.61. The first kappa shape index (κ1) is 15.3. The highest BCUT2D eigenvalue weighted by atomic mass is 32.1. The molecule has 4 rings (SSSR count). The second-order valence-corrected chi connectivity index (χ2v) is 7.05.